The Hall–Kier alpha value is -2.65. The molecule has 2 amide bonds. The summed E-state index contributed by atoms with van der Waals surface area (Å²) in [5.41, 5.74) is 1.87. The Bertz CT molecular complexity index is 772. The largest absolute Gasteiger partial charge is 0.339 e. The molecule has 2 aromatic rings. The third-order valence-electron chi connectivity index (χ3n) is 4.18. The standard InChI is InChI=1S/C18H17N3O2S/c19-11-13-2-1-3-16(10-13)20-17(22)14-4-7-21(8-5-14)18(23)15-6-9-24-12-15/h1-3,6,9-10,12,14H,4-5,7-8H2,(H,20,22). The predicted molar refractivity (Wildman–Crippen MR) is 92.7 cm³/mol. The van der Waals surface area contributed by atoms with Gasteiger partial charge < -0.3 is 10.2 Å². The molecule has 1 aliphatic heterocycles. The molecule has 1 aromatic heterocycles. The van der Waals surface area contributed by atoms with Gasteiger partial charge in [-0.15, -0.1) is 0 Å². The van der Waals surface area contributed by atoms with E-state index in [4.69, 9.17) is 5.26 Å². The van der Waals surface area contributed by atoms with Gasteiger partial charge in [-0.05, 0) is 42.5 Å². The maximum absolute atomic E-state index is 12.4. The number of benzene rings is 1. The van der Waals surface area contributed by atoms with Crippen molar-refractivity contribution in [1.29, 1.82) is 5.26 Å². The molecule has 0 atom stereocenters. The highest BCUT2D eigenvalue weighted by atomic mass is 32.1. The Kier molecular flexibility index (Phi) is 4.92. The number of thiophene rings is 1. The summed E-state index contributed by atoms with van der Waals surface area (Å²) in [4.78, 5) is 26.5. The molecular formula is C18H17N3O2S. The van der Waals surface area contributed by atoms with E-state index in [9.17, 15) is 9.59 Å². The van der Waals surface area contributed by atoms with Crippen LogP contribution in [0.3, 0.4) is 0 Å². The molecule has 24 heavy (non-hydrogen) atoms. The summed E-state index contributed by atoms with van der Waals surface area (Å²) in [6.45, 7) is 1.18. The van der Waals surface area contributed by atoms with Gasteiger partial charge in [-0.25, -0.2) is 0 Å². The second-order valence-electron chi connectivity index (χ2n) is 5.76. The lowest BCUT2D eigenvalue weighted by atomic mass is 9.95. The zero-order valence-corrected chi connectivity index (χ0v) is 13.9. The normalized spacial score (nSPS) is 14.9. The van der Waals surface area contributed by atoms with E-state index in [-0.39, 0.29) is 17.7 Å². The molecule has 6 heteroatoms. The fourth-order valence-electron chi connectivity index (χ4n) is 2.82. The number of piperidine rings is 1. The van der Waals surface area contributed by atoms with E-state index < -0.39 is 0 Å². The van der Waals surface area contributed by atoms with Crippen molar-refractivity contribution in [3.63, 3.8) is 0 Å². The van der Waals surface area contributed by atoms with Gasteiger partial charge in [0.15, 0.2) is 0 Å². The van der Waals surface area contributed by atoms with Gasteiger partial charge in [0.25, 0.3) is 5.91 Å². The molecule has 0 radical (unpaired) electrons. The molecular weight excluding hydrogens is 322 g/mol. The first kappa shape index (κ1) is 16.2. The molecule has 0 aliphatic carbocycles. The molecule has 0 spiro atoms. The molecule has 2 heterocycles. The van der Waals surface area contributed by atoms with Crippen molar-refractivity contribution in [2.45, 2.75) is 12.8 Å². The molecule has 1 N–H and O–H groups in total. The average molecular weight is 339 g/mol. The van der Waals surface area contributed by atoms with Crippen molar-refractivity contribution in [3.05, 3.63) is 52.2 Å². The van der Waals surface area contributed by atoms with E-state index in [0.717, 1.165) is 5.56 Å². The maximum Gasteiger partial charge on any atom is 0.254 e. The van der Waals surface area contributed by atoms with Gasteiger partial charge in [0.05, 0.1) is 17.2 Å². The fourth-order valence-corrected chi connectivity index (χ4v) is 3.45. The minimum Gasteiger partial charge on any atom is -0.339 e. The van der Waals surface area contributed by atoms with Crippen LogP contribution < -0.4 is 5.32 Å². The minimum atomic E-state index is -0.109. The number of amides is 2. The van der Waals surface area contributed by atoms with E-state index >= 15 is 0 Å². The second-order valence-corrected chi connectivity index (χ2v) is 6.54. The van der Waals surface area contributed by atoms with Crippen molar-refractivity contribution >= 4 is 28.8 Å². The van der Waals surface area contributed by atoms with Crippen LogP contribution in [0.2, 0.25) is 0 Å². The van der Waals surface area contributed by atoms with Crippen LogP contribution in [0, 0.1) is 17.2 Å². The maximum atomic E-state index is 12.4. The number of hydrogen-bond donors (Lipinski definition) is 1. The first-order chi connectivity index (χ1) is 11.7. The van der Waals surface area contributed by atoms with Gasteiger partial charge in [0.2, 0.25) is 5.91 Å². The van der Waals surface area contributed by atoms with E-state index in [2.05, 4.69) is 11.4 Å². The Morgan fingerprint density at radius 1 is 1.25 bits per heavy atom. The number of nitriles is 1. The lowest BCUT2D eigenvalue weighted by Crippen LogP contribution is -2.41. The summed E-state index contributed by atoms with van der Waals surface area (Å²) in [6.07, 6.45) is 1.30. The number of rotatable bonds is 3. The molecule has 122 valence electrons. The Morgan fingerprint density at radius 2 is 2.04 bits per heavy atom. The van der Waals surface area contributed by atoms with E-state index in [0.29, 0.717) is 37.2 Å². The third-order valence-corrected chi connectivity index (χ3v) is 4.86. The van der Waals surface area contributed by atoms with Gasteiger partial charge in [0, 0.05) is 30.1 Å². The van der Waals surface area contributed by atoms with E-state index in [1.807, 2.05) is 21.7 Å². The summed E-state index contributed by atoms with van der Waals surface area (Å²) < 4.78 is 0. The van der Waals surface area contributed by atoms with E-state index in [1.54, 1.807) is 24.3 Å². The second kappa shape index (κ2) is 7.28. The Labute approximate surface area is 144 Å². The van der Waals surface area contributed by atoms with Crippen molar-refractivity contribution in [2.24, 2.45) is 5.92 Å². The summed E-state index contributed by atoms with van der Waals surface area (Å²) in [7, 11) is 0. The number of nitrogens with one attached hydrogen (secondary N) is 1. The van der Waals surface area contributed by atoms with Gasteiger partial charge in [-0.3, -0.25) is 9.59 Å². The van der Waals surface area contributed by atoms with Gasteiger partial charge in [0.1, 0.15) is 0 Å². The Balaban J connectivity index is 1.55. The van der Waals surface area contributed by atoms with Crippen molar-refractivity contribution < 1.29 is 9.59 Å². The SMILES string of the molecule is N#Cc1cccc(NC(=O)C2CCN(C(=O)c3ccsc3)CC2)c1. The highest BCUT2D eigenvalue weighted by molar-refractivity contribution is 7.08. The van der Waals surface area contributed by atoms with Crippen LogP contribution in [-0.2, 0) is 4.79 Å². The van der Waals surface area contributed by atoms with Crippen molar-refractivity contribution in [3.8, 4) is 6.07 Å². The number of hydrogen-bond acceptors (Lipinski definition) is 4. The Morgan fingerprint density at radius 3 is 2.71 bits per heavy atom. The third kappa shape index (κ3) is 3.63. The number of likely N-dealkylation sites (tertiary alicyclic amines) is 1. The number of anilines is 1. The average Bonchev–Trinajstić information content (AvgIpc) is 3.16. The predicted octanol–water partition coefficient (Wildman–Crippen LogP) is 3.11. The van der Waals surface area contributed by atoms with Gasteiger partial charge in [-0.1, -0.05) is 6.07 Å². The monoisotopic (exact) mass is 339 g/mol. The number of nitrogens with zero attached hydrogens (tertiary/aromatic N) is 2. The molecule has 1 saturated heterocycles. The lowest BCUT2D eigenvalue weighted by Gasteiger charge is -2.31. The van der Waals surface area contributed by atoms with Crippen LogP contribution in [-0.4, -0.2) is 29.8 Å². The topological polar surface area (TPSA) is 73.2 Å². The fraction of sp³-hybridized carbons (Fsp3) is 0.278. The zero-order valence-electron chi connectivity index (χ0n) is 13.1. The quantitative estimate of drug-likeness (QED) is 0.934. The number of carbonyl (C=O) groups is 2. The molecule has 0 bridgehead atoms. The summed E-state index contributed by atoms with van der Waals surface area (Å²) in [5, 5.41) is 15.5. The molecule has 3 rings (SSSR count). The summed E-state index contributed by atoms with van der Waals surface area (Å²) in [5.74, 6) is -0.119. The summed E-state index contributed by atoms with van der Waals surface area (Å²) in [6, 6.07) is 10.8. The van der Waals surface area contributed by atoms with Crippen molar-refractivity contribution in [1.82, 2.24) is 4.90 Å². The van der Waals surface area contributed by atoms with Crippen LogP contribution in [0.5, 0.6) is 0 Å². The van der Waals surface area contributed by atoms with E-state index in [1.165, 1.54) is 11.3 Å². The van der Waals surface area contributed by atoms with Crippen LogP contribution in [0.4, 0.5) is 5.69 Å². The number of carbonyl (C=O) groups excluding carboxylic acids is 2. The molecule has 1 aliphatic rings. The smallest absolute Gasteiger partial charge is 0.254 e. The van der Waals surface area contributed by atoms with Crippen LogP contribution in [0.15, 0.2) is 41.1 Å². The molecule has 0 unspecified atom stereocenters. The first-order valence-electron chi connectivity index (χ1n) is 7.80. The molecule has 1 aromatic carbocycles. The lowest BCUT2D eigenvalue weighted by molar-refractivity contribution is -0.121. The van der Waals surface area contributed by atoms with Crippen LogP contribution in [0.1, 0.15) is 28.8 Å². The molecule has 1 fully saturated rings. The van der Waals surface area contributed by atoms with Gasteiger partial charge >= 0.3 is 0 Å². The molecule has 5 nitrogen and oxygen atoms in total. The van der Waals surface area contributed by atoms with Crippen LogP contribution >= 0.6 is 11.3 Å². The molecule has 0 saturated carbocycles. The first-order valence-corrected chi connectivity index (χ1v) is 8.74. The highest BCUT2D eigenvalue weighted by Gasteiger charge is 2.28. The summed E-state index contributed by atoms with van der Waals surface area (Å²) >= 11 is 1.51. The highest BCUT2D eigenvalue weighted by Crippen LogP contribution is 2.22. The van der Waals surface area contributed by atoms with Crippen molar-refractivity contribution in [2.75, 3.05) is 18.4 Å². The van der Waals surface area contributed by atoms with Gasteiger partial charge in [-0.2, -0.15) is 16.6 Å². The zero-order chi connectivity index (χ0) is 16.9. The van der Waals surface area contributed by atoms with Crippen LogP contribution in [0.25, 0.3) is 0 Å². The minimum absolute atomic E-state index is 0.0387.